The van der Waals surface area contributed by atoms with Gasteiger partial charge in [-0.2, -0.15) is 13.2 Å². The molecule has 144 valence electrons. The summed E-state index contributed by atoms with van der Waals surface area (Å²) in [5.74, 6) is 0. The van der Waals surface area contributed by atoms with Crippen molar-refractivity contribution in [3.8, 4) is 0 Å². The topological polar surface area (TPSA) is 52.6 Å². The Hall–Kier alpha value is -2.70. The maximum atomic E-state index is 13.2. The molecule has 0 saturated carbocycles. The van der Waals surface area contributed by atoms with Crippen molar-refractivity contribution in [3.05, 3.63) is 65.2 Å². The minimum atomic E-state index is -4.48. The monoisotopic (exact) mass is 378 g/mol. The van der Waals surface area contributed by atoms with Crippen LogP contribution in [0.4, 0.5) is 23.7 Å². The lowest BCUT2D eigenvalue weighted by Gasteiger charge is -2.38. The number of nitrogens with zero attached hydrogens (tertiary/aromatic N) is 1. The Kier molecular flexibility index (Phi) is 5.30. The summed E-state index contributed by atoms with van der Waals surface area (Å²) in [6, 6.07) is 11.9. The van der Waals surface area contributed by atoms with Crippen molar-refractivity contribution in [3.63, 3.8) is 0 Å². The molecule has 3 rings (SSSR count). The van der Waals surface area contributed by atoms with Crippen LogP contribution in [0.1, 0.15) is 42.5 Å². The molecule has 0 bridgehead atoms. The Balaban J connectivity index is 2.02. The van der Waals surface area contributed by atoms with Gasteiger partial charge >= 0.3 is 12.3 Å². The molecule has 27 heavy (non-hydrogen) atoms. The first kappa shape index (κ1) is 19.1. The minimum absolute atomic E-state index is 0.00291. The first-order chi connectivity index (χ1) is 12.8. The van der Waals surface area contributed by atoms with E-state index in [1.807, 2.05) is 25.1 Å². The van der Waals surface area contributed by atoms with E-state index >= 15 is 0 Å². The highest BCUT2D eigenvalue weighted by Gasteiger charge is 2.36. The zero-order valence-electron chi connectivity index (χ0n) is 14.8. The summed E-state index contributed by atoms with van der Waals surface area (Å²) >= 11 is 0. The van der Waals surface area contributed by atoms with Crippen LogP contribution in [0.3, 0.4) is 0 Å². The molecule has 1 aliphatic heterocycles. The molecule has 1 amide bonds. The van der Waals surface area contributed by atoms with Crippen LogP contribution in [-0.2, 0) is 12.7 Å². The largest absolute Gasteiger partial charge is 0.465 e. The quantitative estimate of drug-likeness (QED) is 0.736. The van der Waals surface area contributed by atoms with Crippen LogP contribution < -0.4 is 5.32 Å². The van der Waals surface area contributed by atoms with Crippen LogP contribution in [0.2, 0.25) is 0 Å². The van der Waals surface area contributed by atoms with Gasteiger partial charge in [-0.05, 0) is 42.2 Å². The van der Waals surface area contributed by atoms with Crippen LogP contribution in [0.5, 0.6) is 0 Å². The van der Waals surface area contributed by atoms with E-state index < -0.39 is 23.9 Å². The average Bonchev–Trinajstić information content (AvgIpc) is 2.64. The molecule has 1 heterocycles. The summed E-state index contributed by atoms with van der Waals surface area (Å²) in [5, 5.41) is 13.0. The number of carboxylic acid groups (broad SMARTS) is 1. The van der Waals surface area contributed by atoms with Gasteiger partial charge in [-0.25, -0.2) is 4.79 Å². The third-order valence-corrected chi connectivity index (χ3v) is 4.92. The highest BCUT2D eigenvalue weighted by Crippen LogP contribution is 2.41. The van der Waals surface area contributed by atoms with Crippen molar-refractivity contribution in [2.45, 2.75) is 44.6 Å². The van der Waals surface area contributed by atoms with Crippen molar-refractivity contribution < 1.29 is 23.1 Å². The number of anilines is 1. The van der Waals surface area contributed by atoms with E-state index in [-0.39, 0.29) is 12.6 Å². The van der Waals surface area contributed by atoms with Crippen molar-refractivity contribution >= 4 is 11.8 Å². The number of amides is 1. The van der Waals surface area contributed by atoms with Crippen LogP contribution in [0, 0.1) is 0 Å². The molecule has 7 heteroatoms. The highest BCUT2D eigenvalue weighted by molar-refractivity contribution is 5.68. The number of halogens is 3. The van der Waals surface area contributed by atoms with Crippen LogP contribution in [0.15, 0.2) is 48.5 Å². The van der Waals surface area contributed by atoms with E-state index in [1.165, 1.54) is 11.0 Å². The molecule has 0 fully saturated rings. The molecule has 2 N–H and O–H groups in total. The van der Waals surface area contributed by atoms with Crippen LogP contribution in [0.25, 0.3) is 0 Å². The van der Waals surface area contributed by atoms with Gasteiger partial charge in [-0.15, -0.1) is 0 Å². The Morgan fingerprint density at radius 2 is 1.93 bits per heavy atom. The standard InChI is InChI=1S/C20H21F3N2O2/c1-2-15-11-18(25(19(26)27)12-13-6-4-3-5-7-13)16-10-14(20(21,22)23)8-9-17(16)24-15/h3-10,15,18,24H,2,11-12H2,1H3,(H,26,27)/t15-,18+/m0/s1. The third-order valence-electron chi connectivity index (χ3n) is 4.92. The van der Waals surface area contributed by atoms with Gasteiger partial charge in [0.25, 0.3) is 0 Å². The number of benzene rings is 2. The number of rotatable bonds is 4. The molecule has 4 nitrogen and oxygen atoms in total. The number of hydrogen-bond acceptors (Lipinski definition) is 2. The number of carbonyl (C=O) groups is 1. The van der Waals surface area contributed by atoms with Gasteiger partial charge in [-0.1, -0.05) is 37.3 Å². The van der Waals surface area contributed by atoms with E-state index in [2.05, 4.69) is 5.32 Å². The second-order valence-corrected chi connectivity index (χ2v) is 6.70. The van der Waals surface area contributed by atoms with Crippen molar-refractivity contribution in [2.75, 3.05) is 5.32 Å². The van der Waals surface area contributed by atoms with E-state index in [9.17, 15) is 23.1 Å². The van der Waals surface area contributed by atoms with Crippen LogP contribution >= 0.6 is 0 Å². The first-order valence-electron chi connectivity index (χ1n) is 8.80. The zero-order chi connectivity index (χ0) is 19.6. The van der Waals surface area contributed by atoms with Crippen molar-refractivity contribution in [2.24, 2.45) is 0 Å². The lowest BCUT2D eigenvalue weighted by atomic mass is 9.89. The molecule has 0 aliphatic carbocycles. The second kappa shape index (κ2) is 7.50. The Labute approximate surface area is 155 Å². The molecule has 0 spiro atoms. The predicted octanol–water partition coefficient (Wildman–Crippen LogP) is 5.52. The molecule has 0 aromatic heterocycles. The Morgan fingerprint density at radius 1 is 1.22 bits per heavy atom. The second-order valence-electron chi connectivity index (χ2n) is 6.70. The third kappa shape index (κ3) is 4.18. The molecular weight excluding hydrogens is 357 g/mol. The number of nitrogens with one attached hydrogen (secondary N) is 1. The average molecular weight is 378 g/mol. The van der Waals surface area contributed by atoms with Gasteiger partial charge < -0.3 is 10.4 Å². The van der Waals surface area contributed by atoms with E-state index in [0.29, 0.717) is 17.7 Å². The minimum Gasteiger partial charge on any atom is -0.465 e. The zero-order valence-corrected chi connectivity index (χ0v) is 14.8. The SMILES string of the molecule is CC[C@H]1C[C@@H](N(Cc2ccccc2)C(=O)O)c2cc(C(F)(F)F)ccc2N1. The van der Waals surface area contributed by atoms with Gasteiger partial charge in [-0.3, -0.25) is 4.90 Å². The normalized spacial score (nSPS) is 19.1. The predicted molar refractivity (Wildman–Crippen MR) is 96.5 cm³/mol. The number of alkyl halides is 3. The van der Waals surface area contributed by atoms with Crippen molar-refractivity contribution in [1.29, 1.82) is 0 Å². The summed E-state index contributed by atoms with van der Waals surface area (Å²) in [4.78, 5) is 13.2. The molecule has 0 radical (unpaired) electrons. The Morgan fingerprint density at radius 3 is 2.52 bits per heavy atom. The molecule has 2 atom stereocenters. The summed E-state index contributed by atoms with van der Waals surface area (Å²) in [5.41, 5.74) is 0.950. The maximum Gasteiger partial charge on any atom is 0.416 e. The van der Waals surface area contributed by atoms with E-state index in [0.717, 1.165) is 24.1 Å². The number of fused-ring (bicyclic) bond motifs is 1. The van der Waals surface area contributed by atoms with Gasteiger partial charge in [0.15, 0.2) is 0 Å². The summed E-state index contributed by atoms with van der Waals surface area (Å²) in [7, 11) is 0. The lowest BCUT2D eigenvalue weighted by Crippen LogP contribution is -2.40. The highest BCUT2D eigenvalue weighted by atomic mass is 19.4. The lowest BCUT2D eigenvalue weighted by molar-refractivity contribution is -0.137. The van der Waals surface area contributed by atoms with Gasteiger partial charge in [0.1, 0.15) is 0 Å². The van der Waals surface area contributed by atoms with Crippen molar-refractivity contribution in [1.82, 2.24) is 4.90 Å². The first-order valence-corrected chi connectivity index (χ1v) is 8.80. The molecule has 0 unspecified atom stereocenters. The number of hydrogen-bond donors (Lipinski definition) is 2. The summed E-state index contributed by atoms with van der Waals surface area (Å²) in [6.45, 7) is 2.08. The smallest absolute Gasteiger partial charge is 0.416 e. The van der Waals surface area contributed by atoms with Gasteiger partial charge in [0, 0.05) is 18.3 Å². The van der Waals surface area contributed by atoms with Crippen LogP contribution in [-0.4, -0.2) is 22.1 Å². The summed E-state index contributed by atoms with van der Waals surface area (Å²) < 4.78 is 39.6. The van der Waals surface area contributed by atoms with E-state index in [1.54, 1.807) is 12.1 Å². The molecule has 2 aromatic rings. The fourth-order valence-corrected chi connectivity index (χ4v) is 3.48. The van der Waals surface area contributed by atoms with Gasteiger partial charge in [0.05, 0.1) is 11.6 Å². The maximum absolute atomic E-state index is 13.2. The molecule has 0 saturated heterocycles. The summed E-state index contributed by atoms with van der Waals surface area (Å²) in [6.07, 6.45) is -4.46. The molecule has 2 aromatic carbocycles. The molecular formula is C20H21F3N2O2. The fraction of sp³-hybridized carbons (Fsp3) is 0.350. The Bertz CT molecular complexity index is 809. The van der Waals surface area contributed by atoms with Gasteiger partial charge in [0.2, 0.25) is 0 Å². The molecule has 1 aliphatic rings. The fourth-order valence-electron chi connectivity index (χ4n) is 3.48. The van der Waals surface area contributed by atoms with E-state index in [4.69, 9.17) is 0 Å².